The Kier molecular flexibility index (Phi) is 8.21. The molecule has 0 unspecified atom stereocenters. The summed E-state index contributed by atoms with van der Waals surface area (Å²) in [6, 6.07) is 24.2. The average molecular weight is 580 g/mol. The normalized spacial score (nSPS) is 11.3. The zero-order valence-electron chi connectivity index (χ0n) is 24.8. The highest BCUT2D eigenvalue weighted by Gasteiger charge is 2.24. The van der Waals surface area contributed by atoms with Crippen molar-refractivity contribution in [1.82, 2.24) is 10.6 Å². The lowest BCUT2D eigenvalue weighted by atomic mass is 9.97. The lowest BCUT2D eigenvalue weighted by Gasteiger charge is -2.21. The molecule has 0 bridgehead atoms. The maximum Gasteiger partial charge on any atom is 0.255 e. The summed E-state index contributed by atoms with van der Waals surface area (Å²) in [7, 11) is 1.58. The molecule has 220 valence electrons. The van der Waals surface area contributed by atoms with Gasteiger partial charge < -0.3 is 25.1 Å². The fraction of sp³-hybridized carbons (Fsp3) is 0.200. The van der Waals surface area contributed by atoms with E-state index >= 15 is 0 Å². The summed E-state index contributed by atoms with van der Waals surface area (Å²) in [6.45, 7) is 8.48. The summed E-state index contributed by atoms with van der Waals surface area (Å²) in [5.41, 5.74) is 4.27. The largest absolute Gasteiger partial charge is 0.457 e. The summed E-state index contributed by atoms with van der Waals surface area (Å²) in [5.74, 6) is 0.686. The zero-order valence-corrected chi connectivity index (χ0v) is 24.8. The summed E-state index contributed by atoms with van der Waals surface area (Å²) in [6.07, 6.45) is 0. The SMILES string of the molecule is CCNc1cc2oc(-c3ccc(Oc4ccc(F)cc4)cc3)c(C(=O)NC)c2cc1-c1cccc(C(=O)NC(C)(C)C)c1. The van der Waals surface area contributed by atoms with Crippen LogP contribution in [0.1, 0.15) is 48.4 Å². The molecule has 2 amide bonds. The highest BCUT2D eigenvalue weighted by molar-refractivity contribution is 6.13. The molecule has 4 aromatic carbocycles. The van der Waals surface area contributed by atoms with Crippen LogP contribution in [0.5, 0.6) is 11.5 Å². The Morgan fingerprint density at radius 1 is 0.860 bits per heavy atom. The number of fused-ring (bicyclic) bond motifs is 1. The molecule has 0 saturated carbocycles. The summed E-state index contributed by atoms with van der Waals surface area (Å²) in [4.78, 5) is 26.2. The van der Waals surface area contributed by atoms with Crippen molar-refractivity contribution in [3.05, 3.63) is 102 Å². The molecule has 5 aromatic rings. The molecule has 1 heterocycles. The monoisotopic (exact) mass is 579 g/mol. The van der Waals surface area contributed by atoms with Crippen molar-refractivity contribution < 1.29 is 23.1 Å². The third-order valence-electron chi connectivity index (χ3n) is 6.74. The van der Waals surface area contributed by atoms with E-state index in [9.17, 15) is 14.0 Å². The lowest BCUT2D eigenvalue weighted by Crippen LogP contribution is -2.40. The van der Waals surface area contributed by atoms with Gasteiger partial charge in [-0.1, -0.05) is 12.1 Å². The van der Waals surface area contributed by atoms with Gasteiger partial charge >= 0.3 is 0 Å². The van der Waals surface area contributed by atoms with Crippen LogP contribution in [-0.2, 0) is 0 Å². The molecule has 0 saturated heterocycles. The number of rotatable bonds is 8. The van der Waals surface area contributed by atoms with Crippen molar-refractivity contribution >= 4 is 28.5 Å². The van der Waals surface area contributed by atoms with E-state index in [1.807, 2.05) is 70.2 Å². The van der Waals surface area contributed by atoms with E-state index in [0.29, 0.717) is 51.5 Å². The number of carbonyl (C=O) groups excluding carboxylic acids is 2. The van der Waals surface area contributed by atoms with E-state index in [1.54, 1.807) is 37.4 Å². The molecule has 0 aliphatic heterocycles. The molecular weight excluding hydrogens is 545 g/mol. The Labute approximate surface area is 250 Å². The van der Waals surface area contributed by atoms with E-state index < -0.39 is 0 Å². The van der Waals surface area contributed by atoms with Gasteiger partial charge in [0.05, 0.1) is 5.56 Å². The fourth-order valence-corrected chi connectivity index (χ4v) is 4.83. The van der Waals surface area contributed by atoms with E-state index in [-0.39, 0.29) is 23.2 Å². The third kappa shape index (κ3) is 6.54. The Balaban J connectivity index is 1.58. The first-order valence-electron chi connectivity index (χ1n) is 14.1. The minimum atomic E-state index is -0.373. The molecule has 3 N–H and O–H groups in total. The molecule has 0 fully saturated rings. The van der Waals surface area contributed by atoms with Crippen molar-refractivity contribution in [2.24, 2.45) is 0 Å². The van der Waals surface area contributed by atoms with Gasteiger partial charge in [-0.2, -0.15) is 0 Å². The van der Waals surface area contributed by atoms with Crippen LogP contribution >= 0.6 is 0 Å². The molecule has 0 aliphatic carbocycles. The number of furan rings is 1. The van der Waals surface area contributed by atoms with Gasteiger partial charge in [-0.3, -0.25) is 9.59 Å². The summed E-state index contributed by atoms with van der Waals surface area (Å²) >= 11 is 0. The first-order chi connectivity index (χ1) is 20.6. The number of nitrogens with one attached hydrogen (secondary N) is 3. The predicted octanol–water partition coefficient (Wildman–Crippen LogP) is 8.02. The number of hydrogen-bond donors (Lipinski definition) is 3. The van der Waals surface area contributed by atoms with Gasteiger partial charge in [-0.25, -0.2) is 4.39 Å². The fourth-order valence-electron chi connectivity index (χ4n) is 4.83. The van der Waals surface area contributed by atoms with Crippen LogP contribution in [0.3, 0.4) is 0 Å². The number of carbonyl (C=O) groups is 2. The maximum absolute atomic E-state index is 13.3. The second kappa shape index (κ2) is 12.0. The van der Waals surface area contributed by atoms with Gasteiger partial charge in [-0.15, -0.1) is 0 Å². The average Bonchev–Trinajstić information content (AvgIpc) is 3.35. The molecule has 5 rings (SSSR count). The zero-order chi connectivity index (χ0) is 30.7. The van der Waals surface area contributed by atoms with E-state index in [0.717, 1.165) is 16.8 Å². The highest BCUT2D eigenvalue weighted by Crippen LogP contribution is 2.40. The second-order valence-electron chi connectivity index (χ2n) is 11.2. The molecule has 1 aromatic heterocycles. The Morgan fingerprint density at radius 2 is 1.53 bits per heavy atom. The van der Waals surface area contributed by atoms with Crippen LogP contribution in [0, 0.1) is 5.82 Å². The molecule has 0 radical (unpaired) electrons. The molecule has 7 nitrogen and oxygen atoms in total. The molecular formula is C35H34FN3O4. The van der Waals surface area contributed by atoms with Crippen molar-refractivity contribution in [3.63, 3.8) is 0 Å². The van der Waals surface area contributed by atoms with Crippen LogP contribution in [0.25, 0.3) is 33.4 Å². The highest BCUT2D eigenvalue weighted by atomic mass is 19.1. The molecule has 0 aliphatic rings. The standard InChI is InChI=1S/C35H34FN3O4/c1-6-38-29-20-30-28(19-27(29)22-8-7-9-23(18-22)33(40)39-35(2,3)4)31(34(41)37-5)32(43-30)21-10-14-25(15-11-21)42-26-16-12-24(36)13-17-26/h7-20,38H,6H2,1-5H3,(H,37,41)(H,39,40). The summed E-state index contributed by atoms with van der Waals surface area (Å²) in [5, 5.41) is 9.79. The second-order valence-corrected chi connectivity index (χ2v) is 11.2. The predicted molar refractivity (Wildman–Crippen MR) is 168 cm³/mol. The first kappa shape index (κ1) is 29.4. The molecule has 43 heavy (non-hydrogen) atoms. The maximum atomic E-state index is 13.3. The van der Waals surface area contributed by atoms with Crippen molar-refractivity contribution in [2.75, 3.05) is 18.9 Å². The van der Waals surface area contributed by atoms with Crippen molar-refractivity contribution in [1.29, 1.82) is 0 Å². The molecule has 0 atom stereocenters. The Morgan fingerprint density at radius 3 is 2.16 bits per heavy atom. The van der Waals surface area contributed by atoms with E-state index in [1.165, 1.54) is 12.1 Å². The third-order valence-corrected chi connectivity index (χ3v) is 6.74. The van der Waals surface area contributed by atoms with Gasteiger partial charge in [0.25, 0.3) is 11.8 Å². The lowest BCUT2D eigenvalue weighted by molar-refractivity contribution is 0.0918. The van der Waals surface area contributed by atoms with E-state index in [4.69, 9.17) is 9.15 Å². The quantitative estimate of drug-likeness (QED) is 0.173. The number of ether oxygens (including phenoxy) is 1. The number of hydrogen-bond acceptors (Lipinski definition) is 5. The molecule has 0 spiro atoms. The topological polar surface area (TPSA) is 92.6 Å². The van der Waals surface area contributed by atoms with Crippen molar-refractivity contribution in [2.45, 2.75) is 33.2 Å². The van der Waals surface area contributed by atoms with Crippen LogP contribution < -0.4 is 20.7 Å². The number of amides is 2. The van der Waals surface area contributed by atoms with Gasteiger partial charge in [0.15, 0.2) is 0 Å². The van der Waals surface area contributed by atoms with Gasteiger partial charge in [0.2, 0.25) is 0 Å². The minimum absolute atomic E-state index is 0.163. The molecule has 8 heteroatoms. The van der Waals surface area contributed by atoms with Gasteiger partial charge in [0.1, 0.15) is 28.7 Å². The van der Waals surface area contributed by atoms with E-state index in [2.05, 4.69) is 16.0 Å². The van der Waals surface area contributed by atoms with Crippen LogP contribution in [0.15, 0.2) is 89.3 Å². The first-order valence-corrected chi connectivity index (χ1v) is 14.1. The minimum Gasteiger partial charge on any atom is -0.457 e. The van der Waals surface area contributed by atoms with Crippen LogP contribution in [0.4, 0.5) is 10.1 Å². The number of halogens is 1. The number of anilines is 1. The van der Waals surface area contributed by atoms with Gasteiger partial charge in [-0.05, 0) is 100.0 Å². The van der Waals surface area contributed by atoms with Crippen molar-refractivity contribution in [3.8, 4) is 33.9 Å². The number of benzene rings is 4. The Bertz CT molecular complexity index is 1790. The van der Waals surface area contributed by atoms with Gasteiger partial charge in [0, 0.05) is 53.0 Å². The smallest absolute Gasteiger partial charge is 0.255 e. The Hall–Kier alpha value is -5.11. The van der Waals surface area contributed by atoms with Crippen LogP contribution in [-0.4, -0.2) is 30.9 Å². The van der Waals surface area contributed by atoms with Crippen LogP contribution in [0.2, 0.25) is 0 Å². The summed E-state index contributed by atoms with van der Waals surface area (Å²) < 4.78 is 25.4.